The van der Waals surface area contributed by atoms with Crippen LogP contribution in [0.15, 0.2) is 84.6 Å². The van der Waals surface area contributed by atoms with Gasteiger partial charge in [0.25, 0.3) is 11.8 Å². The number of benzene rings is 3. The van der Waals surface area contributed by atoms with E-state index in [9.17, 15) is 9.59 Å². The molecule has 0 aliphatic rings. The van der Waals surface area contributed by atoms with Gasteiger partial charge in [-0.15, -0.1) is 0 Å². The predicted octanol–water partition coefficient (Wildman–Crippen LogP) is 3.66. The van der Waals surface area contributed by atoms with Crippen molar-refractivity contribution in [3.05, 3.63) is 107 Å². The molecule has 0 saturated heterocycles. The van der Waals surface area contributed by atoms with Crippen LogP contribution in [0.3, 0.4) is 0 Å². The van der Waals surface area contributed by atoms with Crippen molar-refractivity contribution >= 4 is 23.6 Å². The van der Waals surface area contributed by atoms with Crippen molar-refractivity contribution in [3.63, 3.8) is 0 Å². The molecule has 0 radical (unpaired) electrons. The number of nitrogens with one attached hydrogen (secondary N) is 2. The minimum Gasteiger partial charge on any atom is -0.399 e. The lowest BCUT2D eigenvalue weighted by atomic mass is 10.1. The lowest BCUT2D eigenvalue weighted by Crippen LogP contribution is -2.34. The third kappa shape index (κ3) is 5.81. The quantitative estimate of drug-likeness (QED) is 0.447. The van der Waals surface area contributed by atoms with Gasteiger partial charge in [-0.25, -0.2) is 0 Å². The van der Waals surface area contributed by atoms with Gasteiger partial charge >= 0.3 is 0 Å². The number of hydrogen-bond donors (Lipinski definition) is 3. The minimum atomic E-state index is -0.378. The summed E-state index contributed by atoms with van der Waals surface area (Å²) < 4.78 is 0. The van der Waals surface area contributed by atoms with Crippen LogP contribution in [0.2, 0.25) is 0 Å². The number of anilines is 1. The smallest absolute Gasteiger partial charge is 0.268 e. The first-order chi connectivity index (χ1) is 14.0. The highest BCUT2D eigenvalue weighted by atomic mass is 16.2. The molecule has 2 amide bonds. The summed E-state index contributed by atoms with van der Waals surface area (Å²) in [6, 6.07) is 23.8. The Kier molecular flexibility index (Phi) is 6.43. The molecule has 0 atom stereocenters. The van der Waals surface area contributed by atoms with Crippen LogP contribution in [0.5, 0.6) is 0 Å². The molecular weight excluding hydrogens is 362 g/mol. The topological polar surface area (TPSA) is 84.2 Å². The Morgan fingerprint density at radius 1 is 0.931 bits per heavy atom. The molecule has 0 saturated carbocycles. The van der Waals surface area contributed by atoms with Crippen LogP contribution in [-0.2, 0) is 11.3 Å². The second-order valence-electron chi connectivity index (χ2n) is 6.72. The maximum absolute atomic E-state index is 12.8. The van der Waals surface area contributed by atoms with Crippen LogP contribution in [0.1, 0.15) is 27.0 Å². The summed E-state index contributed by atoms with van der Waals surface area (Å²) in [4.78, 5) is 25.4. The van der Waals surface area contributed by atoms with Crippen LogP contribution < -0.4 is 16.4 Å². The van der Waals surface area contributed by atoms with Crippen molar-refractivity contribution in [2.45, 2.75) is 13.5 Å². The normalized spacial score (nSPS) is 11.0. The molecular formula is C24H23N3O2. The van der Waals surface area contributed by atoms with Crippen LogP contribution in [0, 0.1) is 6.92 Å². The van der Waals surface area contributed by atoms with E-state index in [1.807, 2.05) is 49.4 Å². The van der Waals surface area contributed by atoms with Gasteiger partial charge in [0.05, 0.1) is 0 Å². The van der Waals surface area contributed by atoms with Crippen LogP contribution in [0.4, 0.5) is 5.69 Å². The van der Waals surface area contributed by atoms with E-state index in [0.29, 0.717) is 17.8 Å². The lowest BCUT2D eigenvalue weighted by Gasteiger charge is -2.12. The molecule has 0 spiro atoms. The number of hydrogen-bond acceptors (Lipinski definition) is 3. The van der Waals surface area contributed by atoms with Crippen molar-refractivity contribution in [2.75, 3.05) is 5.73 Å². The Balaban J connectivity index is 1.80. The fourth-order valence-electron chi connectivity index (χ4n) is 2.75. The van der Waals surface area contributed by atoms with Crippen LogP contribution in [-0.4, -0.2) is 11.8 Å². The number of nitrogens with two attached hydrogens (primary N) is 1. The van der Waals surface area contributed by atoms with Gasteiger partial charge in [0.1, 0.15) is 5.70 Å². The van der Waals surface area contributed by atoms with E-state index in [0.717, 1.165) is 16.7 Å². The Bertz CT molecular complexity index is 1030. The zero-order valence-electron chi connectivity index (χ0n) is 16.2. The molecule has 5 nitrogen and oxygen atoms in total. The van der Waals surface area contributed by atoms with Crippen molar-refractivity contribution in [3.8, 4) is 0 Å². The number of carbonyl (C=O) groups is 2. The van der Waals surface area contributed by atoms with Crippen LogP contribution in [0.25, 0.3) is 6.08 Å². The molecule has 3 rings (SSSR count). The second kappa shape index (κ2) is 9.37. The molecule has 0 fully saturated rings. The molecule has 0 unspecified atom stereocenters. The molecule has 3 aromatic rings. The summed E-state index contributed by atoms with van der Waals surface area (Å²) in [5.41, 5.74) is 9.88. The monoisotopic (exact) mass is 385 g/mol. The van der Waals surface area contributed by atoms with Crippen molar-refractivity contribution in [2.24, 2.45) is 0 Å². The largest absolute Gasteiger partial charge is 0.399 e. The summed E-state index contributed by atoms with van der Waals surface area (Å²) in [5.74, 6) is -0.722. The number of amides is 2. The van der Waals surface area contributed by atoms with Crippen molar-refractivity contribution < 1.29 is 9.59 Å². The highest BCUT2D eigenvalue weighted by Crippen LogP contribution is 2.10. The average molecular weight is 385 g/mol. The van der Waals surface area contributed by atoms with E-state index >= 15 is 0 Å². The van der Waals surface area contributed by atoms with Gasteiger partial charge in [-0.2, -0.15) is 0 Å². The first-order valence-electron chi connectivity index (χ1n) is 9.28. The highest BCUT2D eigenvalue weighted by Gasteiger charge is 2.14. The van der Waals surface area contributed by atoms with E-state index in [1.54, 1.807) is 42.5 Å². The van der Waals surface area contributed by atoms with E-state index < -0.39 is 0 Å². The third-order valence-electron chi connectivity index (χ3n) is 4.32. The zero-order chi connectivity index (χ0) is 20.6. The molecule has 0 aliphatic carbocycles. The van der Waals surface area contributed by atoms with E-state index in [-0.39, 0.29) is 17.5 Å². The molecule has 146 valence electrons. The maximum Gasteiger partial charge on any atom is 0.268 e. The molecule has 0 aromatic heterocycles. The predicted molar refractivity (Wildman–Crippen MR) is 116 cm³/mol. The van der Waals surface area contributed by atoms with Gasteiger partial charge in [0.2, 0.25) is 0 Å². The Labute approximate surface area is 170 Å². The summed E-state index contributed by atoms with van der Waals surface area (Å²) in [6.45, 7) is 2.29. The maximum atomic E-state index is 12.8. The fourth-order valence-corrected chi connectivity index (χ4v) is 2.75. The molecule has 4 N–H and O–H groups in total. The number of carbonyl (C=O) groups excluding carboxylic acids is 2. The summed E-state index contributed by atoms with van der Waals surface area (Å²) >= 11 is 0. The second-order valence-corrected chi connectivity index (χ2v) is 6.72. The van der Waals surface area contributed by atoms with Gasteiger partial charge in [-0.1, -0.05) is 60.2 Å². The van der Waals surface area contributed by atoms with Crippen molar-refractivity contribution in [1.29, 1.82) is 0 Å². The van der Waals surface area contributed by atoms with E-state index in [1.165, 1.54) is 0 Å². The first-order valence-corrected chi connectivity index (χ1v) is 9.28. The van der Waals surface area contributed by atoms with Gasteiger partial charge in [0.15, 0.2) is 0 Å². The standard InChI is InChI=1S/C24H23N3O2/c1-17-10-12-18(13-11-17)15-22(27-23(28)20-7-3-2-4-8-20)24(29)26-16-19-6-5-9-21(25)14-19/h2-15H,16,25H2,1H3,(H,26,29)(H,27,28). The van der Waals surface area contributed by atoms with Gasteiger partial charge in [0, 0.05) is 17.8 Å². The number of rotatable bonds is 6. The molecule has 3 aromatic carbocycles. The van der Waals surface area contributed by atoms with Crippen molar-refractivity contribution in [1.82, 2.24) is 10.6 Å². The third-order valence-corrected chi connectivity index (χ3v) is 4.32. The summed E-state index contributed by atoms with van der Waals surface area (Å²) in [7, 11) is 0. The zero-order valence-corrected chi connectivity index (χ0v) is 16.2. The molecule has 29 heavy (non-hydrogen) atoms. The van der Waals surface area contributed by atoms with Gasteiger partial charge in [-0.05, 0) is 48.4 Å². The fraction of sp³-hybridized carbons (Fsp3) is 0.0833. The first kappa shape index (κ1) is 19.9. The number of nitrogen functional groups attached to an aromatic ring is 1. The highest BCUT2D eigenvalue weighted by molar-refractivity contribution is 6.05. The average Bonchev–Trinajstić information content (AvgIpc) is 2.73. The van der Waals surface area contributed by atoms with E-state index in [4.69, 9.17) is 5.73 Å². The van der Waals surface area contributed by atoms with E-state index in [2.05, 4.69) is 10.6 Å². The molecule has 0 heterocycles. The van der Waals surface area contributed by atoms with Crippen LogP contribution >= 0.6 is 0 Å². The molecule has 0 bridgehead atoms. The number of aryl methyl sites for hydroxylation is 1. The SMILES string of the molecule is Cc1ccc(C=C(NC(=O)c2ccccc2)C(=O)NCc2cccc(N)c2)cc1. The Morgan fingerprint density at radius 2 is 1.66 bits per heavy atom. The summed E-state index contributed by atoms with van der Waals surface area (Å²) in [5, 5.41) is 5.57. The Hall–Kier alpha value is -3.86. The lowest BCUT2D eigenvalue weighted by molar-refractivity contribution is -0.117. The van der Waals surface area contributed by atoms with Gasteiger partial charge < -0.3 is 16.4 Å². The van der Waals surface area contributed by atoms with Gasteiger partial charge in [-0.3, -0.25) is 9.59 Å². The minimum absolute atomic E-state index is 0.173. The molecule has 5 heteroatoms. The molecule has 0 aliphatic heterocycles. The Morgan fingerprint density at radius 3 is 2.34 bits per heavy atom. The summed E-state index contributed by atoms with van der Waals surface area (Å²) in [6.07, 6.45) is 1.66.